The molecule has 0 bridgehead atoms. The van der Waals surface area contributed by atoms with Gasteiger partial charge in [-0.1, -0.05) is 6.92 Å². The van der Waals surface area contributed by atoms with Gasteiger partial charge in [-0.25, -0.2) is 0 Å². The first-order chi connectivity index (χ1) is 6.16. The van der Waals surface area contributed by atoms with Crippen molar-refractivity contribution in [2.45, 2.75) is 26.7 Å². The summed E-state index contributed by atoms with van der Waals surface area (Å²) in [6, 6.07) is 2.12. The molecule has 0 N–H and O–H groups in total. The maximum Gasteiger partial charge on any atom is 0.140 e. The summed E-state index contributed by atoms with van der Waals surface area (Å²) in [5.41, 5.74) is 1.20. The van der Waals surface area contributed by atoms with E-state index >= 15 is 0 Å². The predicted octanol–water partition coefficient (Wildman–Crippen LogP) is 2.82. The molecule has 0 saturated heterocycles. The van der Waals surface area contributed by atoms with Crippen LogP contribution in [0.3, 0.4) is 0 Å². The molecule has 1 nitrogen and oxygen atoms in total. The summed E-state index contributed by atoms with van der Waals surface area (Å²) in [7, 11) is 0. The molecule has 2 heteroatoms. The van der Waals surface area contributed by atoms with Gasteiger partial charge < -0.3 is 0 Å². The van der Waals surface area contributed by atoms with E-state index in [1.807, 2.05) is 0 Å². The van der Waals surface area contributed by atoms with Crippen LogP contribution < -0.4 is 0 Å². The topological polar surface area (TPSA) is 17.1 Å². The van der Waals surface area contributed by atoms with Gasteiger partial charge in [-0.05, 0) is 36.3 Å². The van der Waals surface area contributed by atoms with Crippen LogP contribution in [-0.4, -0.2) is 5.78 Å². The molecule has 0 aromatic carbocycles. The smallest absolute Gasteiger partial charge is 0.140 e. The van der Waals surface area contributed by atoms with Gasteiger partial charge in [-0.2, -0.15) is 0 Å². The molecule has 0 spiro atoms. The number of aryl methyl sites for hydroxylation is 1. The Labute approximate surface area is 82.8 Å². The summed E-state index contributed by atoms with van der Waals surface area (Å²) < 4.78 is 0. The lowest BCUT2D eigenvalue weighted by molar-refractivity contribution is -0.119. The van der Waals surface area contributed by atoms with Gasteiger partial charge in [0, 0.05) is 17.2 Å². The zero-order valence-electron chi connectivity index (χ0n) is 8.04. The molecule has 1 aliphatic rings. The lowest BCUT2D eigenvalue weighted by Gasteiger charge is -1.94. The summed E-state index contributed by atoms with van der Waals surface area (Å²) in [6.07, 6.45) is 1.77. The Bertz CT molecular complexity index is 327. The van der Waals surface area contributed by atoms with Crippen molar-refractivity contribution in [1.82, 2.24) is 0 Å². The fourth-order valence-electron chi connectivity index (χ4n) is 1.69. The van der Waals surface area contributed by atoms with Crippen molar-refractivity contribution >= 4 is 17.1 Å². The maximum atomic E-state index is 11.6. The van der Waals surface area contributed by atoms with E-state index in [2.05, 4.69) is 25.3 Å². The molecule has 0 aliphatic heterocycles. The summed E-state index contributed by atoms with van der Waals surface area (Å²) >= 11 is 1.73. The second-order valence-corrected chi connectivity index (χ2v) is 5.14. The number of thiophene rings is 1. The molecule has 1 aromatic heterocycles. The highest BCUT2D eigenvalue weighted by molar-refractivity contribution is 7.10. The fourth-order valence-corrected chi connectivity index (χ4v) is 2.40. The molecule has 0 radical (unpaired) electrons. The lowest BCUT2D eigenvalue weighted by Crippen LogP contribution is -2.05. The zero-order chi connectivity index (χ0) is 9.42. The van der Waals surface area contributed by atoms with E-state index in [1.165, 1.54) is 10.4 Å². The standard InChI is InChI=1S/C11H14OS/c1-7-3-10(7)11(12)5-9-4-8(2)13-6-9/h4,6-7,10H,3,5H2,1-2H3. The second-order valence-electron chi connectivity index (χ2n) is 4.03. The Balaban J connectivity index is 1.95. The average Bonchev–Trinajstić information content (AvgIpc) is 2.66. The third-order valence-corrected chi connectivity index (χ3v) is 3.60. The number of carbonyl (C=O) groups is 1. The van der Waals surface area contributed by atoms with Crippen molar-refractivity contribution in [2.75, 3.05) is 0 Å². The first-order valence-electron chi connectivity index (χ1n) is 4.73. The van der Waals surface area contributed by atoms with Gasteiger partial charge in [0.1, 0.15) is 5.78 Å². The molecule has 2 unspecified atom stereocenters. The molecular weight excluding hydrogens is 180 g/mol. The molecule has 1 saturated carbocycles. The second kappa shape index (κ2) is 3.26. The van der Waals surface area contributed by atoms with Gasteiger partial charge in [-0.3, -0.25) is 4.79 Å². The van der Waals surface area contributed by atoms with Gasteiger partial charge in [-0.15, -0.1) is 11.3 Å². The van der Waals surface area contributed by atoms with Crippen molar-refractivity contribution in [3.63, 3.8) is 0 Å². The first-order valence-corrected chi connectivity index (χ1v) is 5.61. The Morgan fingerprint density at radius 2 is 2.38 bits per heavy atom. The number of rotatable bonds is 3. The minimum Gasteiger partial charge on any atom is -0.299 e. The van der Waals surface area contributed by atoms with Crippen molar-refractivity contribution in [1.29, 1.82) is 0 Å². The van der Waals surface area contributed by atoms with Crippen LogP contribution in [0, 0.1) is 18.8 Å². The largest absolute Gasteiger partial charge is 0.299 e. The van der Waals surface area contributed by atoms with Gasteiger partial charge in [0.2, 0.25) is 0 Å². The van der Waals surface area contributed by atoms with E-state index < -0.39 is 0 Å². The normalized spacial score (nSPS) is 26.0. The van der Waals surface area contributed by atoms with E-state index in [1.54, 1.807) is 11.3 Å². The van der Waals surface area contributed by atoms with Crippen LogP contribution in [0.5, 0.6) is 0 Å². The third kappa shape index (κ3) is 1.99. The van der Waals surface area contributed by atoms with Crippen LogP contribution in [0.2, 0.25) is 0 Å². The molecule has 1 heterocycles. The average molecular weight is 194 g/mol. The van der Waals surface area contributed by atoms with E-state index in [0.717, 1.165) is 6.42 Å². The summed E-state index contributed by atoms with van der Waals surface area (Å²) in [6.45, 7) is 4.24. The van der Waals surface area contributed by atoms with Gasteiger partial charge in [0.05, 0.1) is 0 Å². The van der Waals surface area contributed by atoms with E-state index in [4.69, 9.17) is 0 Å². The van der Waals surface area contributed by atoms with Crippen LogP contribution in [-0.2, 0) is 11.2 Å². The lowest BCUT2D eigenvalue weighted by atomic mass is 10.1. The van der Waals surface area contributed by atoms with Gasteiger partial charge >= 0.3 is 0 Å². The van der Waals surface area contributed by atoms with Gasteiger partial charge in [0.15, 0.2) is 0 Å². The molecule has 0 amide bonds. The molecular formula is C11H14OS. The monoisotopic (exact) mass is 194 g/mol. The SMILES string of the molecule is Cc1cc(CC(=O)C2CC2C)cs1. The Morgan fingerprint density at radius 1 is 1.69 bits per heavy atom. The fraction of sp³-hybridized carbons (Fsp3) is 0.545. The van der Waals surface area contributed by atoms with Crippen molar-refractivity contribution in [2.24, 2.45) is 11.8 Å². The molecule has 1 fully saturated rings. The van der Waals surface area contributed by atoms with Crippen LogP contribution >= 0.6 is 11.3 Å². The molecule has 2 atom stereocenters. The van der Waals surface area contributed by atoms with Crippen LogP contribution in [0.25, 0.3) is 0 Å². The highest BCUT2D eigenvalue weighted by Crippen LogP contribution is 2.39. The Morgan fingerprint density at radius 3 is 2.85 bits per heavy atom. The van der Waals surface area contributed by atoms with E-state index in [-0.39, 0.29) is 0 Å². The minimum atomic E-state index is 0.375. The van der Waals surface area contributed by atoms with Gasteiger partial charge in [0.25, 0.3) is 0 Å². The minimum absolute atomic E-state index is 0.375. The highest BCUT2D eigenvalue weighted by Gasteiger charge is 2.38. The highest BCUT2D eigenvalue weighted by atomic mass is 32.1. The Hall–Kier alpha value is -0.630. The number of hydrogen-bond acceptors (Lipinski definition) is 2. The zero-order valence-corrected chi connectivity index (χ0v) is 8.86. The van der Waals surface area contributed by atoms with Crippen LogP contribution in [0.15, 0.2) is 11.4 Å². The maximum absolute atomic E-state index is 11.6. The number of hydrogen-bond donors (Lipinski definition) is 0. The molecule has 1 aromatic rings. The molecule has 13 heavy (non-hydrogen) atoms. The predicted molar refractivity (Wildman–Crippen MR) is 55.0 cm³/mol. The van der Waals surface area contributed by atoms with Crippen LogP contribution in [0.1, 0.15) is 23.8 Å². The number of Topliss-reactive ketones (excluding diaryl/α,β-unsaturated/α-hetero) is 1. The molecule has 2 rings (SSSR count). The number of ketones is 1. The third-order valence-electron chi connectivity index (χ3n) is 2.69. The van der Waals surface area contributed by atoms with Crippen molar-refractivity contribution in [3.8, 4) is 0 Å². The summed E-state index contributed by atoms with van der Waals surface area (Å²) in [5.74, 6) is 1.46. The van der Waals surface area contributed by atoms with Crippen LogP contribution in [0.4, 0.5) is 0 Å². The molecule has 1 aliphatic carbocycles. The quantitative estimate of drug-likeness (QED) is 0.723. The molecule has 70 valence electrons. The first kappa shape index (κ1) is 8.95. The van der Waals surface area contributed by atoms with Crippen molar-refractivity contribution < 1.29 is 4.79 Å². The van der Waals surface area contributed by atoms with E-state index in [9.17, 15) is 4.79 Å². The number of carbonyl (C=O) groups excluding carboxylic acids is 1. The van der Waals surface area contributed by atoms with Crippen molar-refractivity contribution in [3.05, 3.63) is 21.9 Å². The van der Waals surface area contributed by atoms with E-state index in [0.29, 0.717) is 24.0 Å². The summed E-state index contributed by atoms with van der Waals surface area (Å²) in [4.78, 5) is 12.9. The summed E-state index contributed by atoms with van der Waals surface area (Å²) in [5, 5.41) is 2.10. The Kier molecular flexibility index (Phi) is 2.24.